The van der Waals surface area contributed by atoms with Crippen molar-refractivity contribution in [1.29, 1.82) is 0 Å². The normalized spacial score (nSPS) is 10.9. The summed E-state index contributed by atoms with van der Waals surface area (Å²) >= 11 is 2.93. The average molecular weight is 451 g/mol. The Hall–Kier alpha value is -2.97. The van der Waals surface area contributed by atoms with Crippen LogP contribution in [-0.2, 0) is 11.3 Å². The first-order chi connectivity index (χ1) is 15.0. The van der Waals surface area contributed by atoms with E-state index in [0.717, 1.165) is 37.8 Å². The van der Waals surface area contributed by atoms with E-state index in [1.807, 2.05) is 62.4 Å². The second-order valence-corrected chi connectivity index (χ2v) is 9.21. The number of ether oxygens (including phenoxy) is 1. The molecule has 1 N–H and O–H groups in total. The van der Waals surface area contributed by atoms with Crippen molar-refractivity contribution in [3.8, 4) is 17.0 Å². The van der Waals surface area contributed by atoms with Crippen LogP contribution in [0.3, 0.4) is 0 Å². The maximum absolute atomic E-state index is 12.3. The largest absolute Gasteiger partial charge is 0.497 e. The quantitative estimate of drug-likeness (QED) is 0.408. The number of thioether (sulfide) groups is 1. The Balaban J connectivity index is 1.49. The zero-order valence-electron chi connectivity index (χ0n) is 17.5. The fraction of sp³-hybridized carbons (Fsp3) is 0.217. The fourth-order valence-corrected chi connectivity index (χ4v) is 4.81. The third-order valence-electron chi connectivity index (χ3n) is 4.69. The number of benzene rings is 2. The third-order valence-corrected chi connectivity index (χ3v) is 6.62. The minimum Gasteiger partial charge on any atom is -0.497 e. The Kier molecular flexibility index (Phi) is 6.48. The van der Waals surface area contributed by atoms with E-state index in [1.165, 1.54) is 17.3 Å². The van der Waals surface area contributed by atoms with Crippen molar-refractivity contribution in [2.24, 2.45) is 0 Å². The van der Waals surface area contributed by atoms with Crippen LogP contribution >= 0.6 is 23.1 Å². The zero-order chi connectivity index (χ0) is 21.8. The Labute approximate surface area is 189 Å². The summed E-state index contributed by atoms with van der Waals surface area (Å²) in [6.45, 7) is 4.51. The minimum absolute atomic E-state index is 0.0515. The topological polar surface area (TPSA) is 77.0 Å². The van der Waals surface area contributed by atoms with Crippen molar-refractivity contribution < 1.29 is 9.53 Å². The van der Waals surface area contributed by atoms with E-state index < -0.39 is 0 Å². The summed E-state index contributed by atoms with van der Waals surface area (Å²) in [7, 11) is 1.64. The van der Waals surface area contributed by atoms with Crippen molar-refractivity contribution in [1.82, 2.24) is 20.5 Å². The lowest BCUT2D eigenvalue weighted by atomic mass is 10.1. The highest BCUT2D eigenvalue weighted by Crippen LogP contribution is 2.36. The Morgan fingerprint density at radius 1 is 1.13 bits per heavy atom. The molecule has 1 amide bonds. The third kappa shape index (κ3) is 5.03. The molecule has 2 aromatic heterocycles. The van der Waals surface area contributed by atoms with Gasteiger partial charge in [-0.3, -0.25) is 4.79 Å². The number of thiazole rings is 1. The Morgan fingerprint density at radius 2 is 1.94 bits per heavy atom. The molecule has 0 fully saturated rings. The van der Waals surface area contributed by atoms with Gasteiger partial charge >= 0.3 is 0 Å². The van der Waals surface area contributed by atoms with E-state index in [2.05, 4.69) is 20.5 Å². The summed E-state index contributed by atoms with van der Waals surface area (Å²) in [6, 6.07) is 15.9. The first-order valence-corrected chi connectivity index (χ1v) is 11.6. The summed E-state index contributed by atoms with van der Waals surface area (Å²) in [6.07, 6.45) is 0. The molecular formula is C23H22N4O2S2. The molecule has 2 aromatic carbocycles. The number of hydrogen-bond donors (Lipinski definition) is 1. The molecule has 0 radical (unpaired) electrons. The van der Waals surface area contributed by atoms with E-state index in [9.17, 15) is 4.79 Å². The second kappa shape index (κ2) is 9.45. The summed E-state index contributed by atoms with van der Waals surface area (Å²) in [5, 5.41) is 13.4. The molecule has 31 heavy (non-hydrogen) atoms. The van der Waals surface area contributed by atoms with Crippen LogP contribution < -0.4 is 10.1 Å². The molecule has 0 aliphatic rings. The van der Waals surface area contributed by atoms with Gasteiger partial charge in [0.2, 0.25) is 5.91 Å². The van der Waals surface area contributed by atoms with Crippen LogP contribution in [0.25, 0.3) is 21.5 Å². The molecule has 0 aliphatic carbocycles. The molecule has 4 rings (SSSR count). The van der Waals surface area contributed by atoms with E-state index in [0.29, 0.717) is 11.6 Å². The number of hydrogen-bond acceptors (Lipinski definition) is 7. The number of aryl methyl sites for hydroxylation is 2. The molecule has 0 atom stereocenters. The highest BCUT2D eigenvalue weighted by atomic mass is 32.2. The maximum Gasteiger partial charge on any atom is 0.230 e. The van der Waals surface area contributed by atoms with Gasteiger partial charge in [-0.15, -0.1) is 21.5 Å². The molecule has 158 valence electrons. The highest BCUT2D eigenvalue weighted by molar-refractivity contribution is 8.00. The van der Waals surface area contributed by atoms with Crippen LogP contribution in [0.1, 0.15) is 16.1 Å². The van der Waals surface area contributed by atoms with Gasteiger partial charge in [0.15, 0.2) is 0 Å². The van der Waals surface area contributed by atoms with E-state index in [1.54, 1.807) is 18.4 Å². The highest BCUT2D eigenvalue weighted by Gasteiger charge is 2.17. The lowest BCUT2D eigenvalue weighted by Gasteiger charge is -2.07. The van der Waals surface area contributed by atoms with Crippen LogP contribution in [-0.4, -0.2) is 34.0 Å². The van der Waals surface area contributed by atoms with Crippen LogP contribution in [0.15, 0.2) is 53.6 Å². The van der Waals surface area contributed by atoms with Gasteiger partial charge in [0.05, 0.1) is 22.6 Å². The molecule has 0 aliphatic heterocycles. The molecule has 0 bridgehead atoms. The monoisotopic (exact) mass is 450 g/mol. The van der Waals surface area contributed by atoms with Crippen LogP contribution in [0, 0.1) is 13.8 Å². The number of carbonyl (C=O) groups is 1. The van der Waals surface area contributed by atoms with Gasteiger partial charge in [-0.25, -0.2) is 4.98 Å². The van der Waals surface area contributed by atoms with Crippen LogP contribution in [0.2, 0.25) is 0 Å². The number of amides is 1. The number of nitrogens with zero attached hydrogens (tertiary/aromatic N) is 3. The first-order valence-electron chi connectivity index (χ1n) is 9.77. The van der Waals surface area contributed by atoms with Gasteiger partial charge in [0.1, 0.15) is 22.0 Å². The first kappa shape index (κ1) is 21.3. The molecule has 0 saturated heterocycles. The zero-order valence-corrected chi connectivity index (χ0v) is 19.1. The maximum atomic E-state index is 12.3. The number of methoxy groups -OCH3 is 1. The molecule has 6 nitrogen and oxygen atoms in total. The summed E-state index contributed by atoms with van der Waals surface area (Å²) in [5.41, 5.74) is 4.75. The average Bonchev–Trinajstić information content (AvgIpc) is 3.18. The van der Waals surface area contributed by atoms with Crippen molar-refractivity contribution >= 4 is 39.2 Å². The Bertz CT molecular complexity index is 1220. The number of fused-ring (bicyclic) bond motifs is 1. The number of nitrogens with one attached hydrogen (secondary N) is 1. The Morgan fingerprint density at radius 3 is 2.71 bits per heavy atom. The van der Waals surface area contributed by atoms with Gasteiger partial charge < -0.3 is 10.1 Å². The van der Waals surface area contributed by atoms with Crippen LogP contribution in [0.5, 0.6) is 5.75 Å². The minimum atomic E-state index is -0.0515. The molecular weight excluding hydrogens is 428 g/mol. The van der Waals surface area contributed by atoms with Crippen LogP contribution in [0.4, 0.5) is 0 Å². The second-order valence-electron chi connectivity index (χ2n) is 7.05. The number of carbonyl (C=O) groups excluding carboxylic acids is 1. The fourth-order valence-electron chi connectivity index (χ4n) is 3.07. The molecule has 0 unspecified atom stereocenters. The van der Waals surface area contributed by atoms with Gasteiger partial charge in [-0.2, -0.15) is 0 Å². The van der Waals surface area contributed by atoms with Crippen molar-refractivity contribution in [2.75, 3.05) is 12.9 Å². The standard InChI is InChI=1S/C23H22N4O2S2/c1-14-7-9-16(10-8-14)12-24-19(28)13-30-23-21-22(31-15(2)25-21)20(26-27-23)17-5-4-6-18(11-17)29-3/h4-11H,12-13H2,1-3H3,(H,24,28). The molecule has 4 aromatic rings. The van der Waals surface area contributed by atoms with E-state index >= 15 is 0 Å². The predicted molar refractivity (Wildman–Crippen MR) is 126 cm³/mol. The van der Waals surface area contributed by atoms with Gasteiger partial charge in [0, 0.05) is 12.1 Å². The molecule has 0 saturated carbocycles. The van der Waals surface area contributed by atoms with Crippen molar-refractivity contribution in [3.63, 3.8) is 0 Å². The lowest BCUT2D eigenvalue weighted by molar-refractivity contribution is -0.118. The molecule has 0 spiro atoms. The van der Waals surface area contributed by atoms with Gasteiger partial charge in [0.25, 0.3) is 0 Å². The number of rotatable bonds is 7. The lowest BCUT2D eigenvalue weighted by Crippen LogP contribution is -2.24. The summed E-state index contributed by atoms with van der Waals surface area (Å²) < 4.78 is 6.30. The molecule has 2 heterocycles. The van der Waals surface area contributed by atoms with Crippen molar-refractivity contribution in [3.05, 3.63) is 64.7 Å². The summed E-state index contributed by atoms with van der Waals surface area (Å²) in [4.78, 5) is 17.0. The van der Waals surface area contributed by atoms with Crippen molar-refractivity contribution in [2.45, 2.75) is 25.4 Å². The SMILES string of the molecule is COc1cccc(-c2nnc(SCC(=O)NCc3ccc(C)cc3)c3nc(C)sc23)c1. The van der Waals surface area contributed by atoms with Gasteiger partial charge in [-0.05, 0) is 31.5 Å². The van der Waals surface area contributed by atoms with Gasteiger partial charge in [-0.1, -0.05) is 53.7 Å². The molecule has 8 heteroatoms. The van der Waals surface area contributed by atoms with E-state index in [4.69, 9.17) is 4.74 Å². The predicted octanol–water partition coefficient (Wildman–Crippen LogP) is 4.79. The van der Waals surface area contributed by atoms with E-state index in [-0.39, 0.29) is 11.7 Å². The smallest absolute Gasteiger partial charge is 0.230 e. The number of aromatic nitrogens is 3. The summed E-state index contributed by atoms with van der Waals surface area (Å²) in [5.74, 6) is 0.965.